The van der Waals surface area contributed by atoms with Gasteiger partial charge in [0.1, 0.15) is 0 Å². The number of β-amino-alcohol motifs (C(OH)–C–C–N with tert-alkyl or cyclic N) is 1. The van der Waals surface area contributed by atoms with Gasteiger partial charge in [0, 0.05) is 19.0 Å². The van der Waals surface area contributed by atoms with E-state index in [-0.39, 0.29) is 6.10 Å². The second kappa shape index (κ2) is 7.06. The molecule has 6 nitrogen and oxygen atoms in total. The van der Waals surface area contributed by atoms with Crippen LogP contribution in [0.5, 0.6) is 0 Å². The van der Waals surface area contributed by atoms with Crippen LogP contribution in [0.3, 0.4) is 0 Å². The fourth-order valence-electron chi connectivity index (χ4n) is 3.29. The number of hydrogen-bond donors (Lipinski definition) is 1. The third kappa shape index (κ3) is 4.51. The van der Waals surface area contributed by atoms with Crippen LogP contribution in [-0.2, 0) is 6.54 Å². The summed E-state index contributed by atoms with van der Waals surface area (Å²) in [7, 11) is 2.13. The molecule has 2 aliphatic rings. The van der Waals surface area contributed by atoms with Crippen LogP contribution in [0.1, 0.15) is 50.3 Å². The average molecular weight is 308 g/mol. The van der Waals surface area contributed by atoms with Gasteiger partial charge in [0.25, 0.3) is 0 Å². The van der Waals surface area contributed by atoms with E-state index < -0.39 is 0 Å². The number of aliphatic hydroxyl groups is 1. The van der Waals surface area contributed by atoms with E-state index in [0.29, 0.717) is 5.92 Å². The van der Waals surface area contributed by atoms with E-state index in [2.05, 4.69) is 27.0 Å². The third-order valence-electron chi connectivity index (χ3n) is 4.61. The van der Waals surface area contributed by atoms with Gasteiger partial charge in [0.05, 0.1) is 12.6 Å². The number of aromatic nitrogens is 2. The van der Waals surface area contributed by atoms with Gasteiger partial charge in [0.15, 0.2) is 0 Å². The summed E-state index contributed by atoms with van der Waals surface area (Å²) in [5, 5.41) is 17.8. The quantitative estimate of drug-likeness (QED) is 0.823. The van der Waals surface area contributed by atoms with E-state index in [1.165, 1.54) is 25.7 Å². The maximum atomic E-state index is 9.45. The number of hydrogen-bond acceptors (Lipinski definition) is 6. The van der Waals surface area contributed by atoms with Crippen LogP contribution in [0.4, 0.5) is 0 Å². The second-order valence-electron chi connectivity index (χ2n) is 7.10. The van der Waals surface area contributed by atoms with Crippen molar-refractivity contribution in [2.75, 3.05) is 33.2 Å². The molecule has 124 valence electrons. The maximum Gasteiger partial charge on any atom is 0.230 e. The Labute approximate surface area is 132 Å². The highest BCUT2D eigenvalue weighted by Crippen LogP contribution is 2.39. The van der Waals surface area contributed by atoms with Gasteiger partial charge in [-0.3, -0.25) is 4.90 Å². The number of aliphatic hydroxyl groups excluding tert-OH is 1. The summed E-state index contributed by atoms with van der Waals surface area (Å²) >= 11 is 0. The van der Waals surface area contributed by atoms with Crippen molar-refractivity contribution in [3.8, 4) is 0 Å². The van der Waals surface area contributed by atoms with E-state index in [9.17, 15) is 5.11 Å². The van der Waals surface area contributed by atoms with Crippen LogP contribution < -0.4 is 0 Å². The molecule has 2 heterocycles. The number of rotatable bonds is 7. The Morgan fingerprint density at radius 1 is 1.27 bits per heavy atom. The predicted octanol–water partition coefficient (Wildman–Crippen LogP) is 1.47. The van der Waals surface area contributed by atoms with E-state index in [4.69, 9.17) is 4.42 Å². The highest BCUT2D eigenvalue weighted by Gasteiger charge is 2.29. The Balaban J connectivity index is 1.39. The summed E-state index contributed by atoms with van der Waals surface area (Å²) in [6.45, 7) is 6.66. The number of nitrogens with zero attached hydrogens (tertiary/aromatic N) is 4. The highest BCUT2D eigenvalue weighted by atomic mass is 16.4. The second-order valence-corrected chi connectivity index (χ2v) is 7.10. The van der Waals surface area contributed by atoms with Gasteiger partial charge in [-0.15, -0.1) is 10.2 Å². The Morgan fingerprint density at radius 3 is 2.64 bits per heavy atom. The lowest BCUT2D eigenvalue weighted by Gasteiger charge is -2.34. The Kier molecular flexibility index (Phi) is 5.10. The minimum absolute atomic E-state index is 0.225. The summed E-state index contributed by atoms with van der Waals surface area (Å²) in [5.74, 6) is 2.83. The van der Waals surface area contributed by atoms with Crippen LogP contribution >= 0.6 is 0 Å². The molecule has 22 heavy (non-hydrogen) atoms. The van der Waals surface area contributed by atoms with Crippen molar-refractivity contribution in [2.24, 2.45) is 5.92 Å². The largest absolute Gasteiger partial charge is 0.424 e. The molecule has 1 aliphatic heterocycles. The lowest BCUT2D eigenvalue weighted by molar-refractivity contribution is 0.0910. The Morgan fingerprint density at radius 2 is 2.00 bits per heavy atom. The van der Waals surface area contributed by atoms with Crippen molar-refractivity contribution >= 4 is 0 Å². The summed E-state index contributed by atoms with van der Waals surface area (Å²) in [5.41, 5.74) is 0. The van der Waals surface area contributed by atoms with Crippen LogP contribution in [0.25, 0.3) is 0 Å². The third-order valence-corrected chi connectivity index (χ3v) is 4.61. The molecule has 1 aliphatic carbocycles. The molecule has 0 bridgehead atoms. The van der Waals surface area contributed by atoms with Gasteiger partial charge in [-0.25, -0.2) is 0 Å². The van der Waals surface area contributed by atoms with Gasteiger partial charge in [-0.2, -0.15) is 0 Å². The lowest BCUT2D eigenvalue weighted by atomic mass is 9.96. The summed E-state index contributed by atoms with van der Waals surface area (Å²) in [4.78, 5) is 4.65. The van der Waals surface area contributed by atoms with E-state index in [1.54, 1.807) is 0 Å². The zero-order valence-corrected chi connectivity index (χ0v) is 13.7. The average Bonchev–Trinajstić information content (AvgIpc) is 3.21. The minimum Gasteiger partial charge on any atom is -0.424 e. The van der Waals surface area contributed by atoms with Crippen molar-refractivity contribution in [1.29, 1.82) is 0 Å². The van der Waals surface area contributed by atoms with E-state index in [0.717, 1.165) is 50.4 Å². The molecule has 0 spiro atoms. The molecular weight excluding hydrogens is 280 g/mol. The van der Waals surface area contributed by atoms with Crippen LogP contribution in [-0.4, -0.2) is 64.4 Å². The van der Waals surface area contributed by atoms with Crippen molar-refractivity contribution in [3.05, 3.63) is 11.8 Å². The molecule has 2 fully saturated rings. The molecule has 1 saturated carbocycles. The first-order valence-electron chi connectivity index (χ1n) is 8.51. The SMILES string of the molecule is C[C@H](O)CN1CCC(CN(C)Cc2nnc(C3CC3)o2)CC1. The zero-order chi connectivity index (χ0) is 15.5. The molecular formula is C16H28N4O2. The fraction of sp³-hybridized carbons (Fsp3) is 0.875. The molecule has 1 aromatic rings. The highest BCUT2D eigenvalue weighted by molar-refractivity contribution is 5.00. The normalized spacial score (nSPS) is 22.4. The van der Waals surface area contributed by atoms with Crippen molar-refractivity contribution in [2.45, 2.75) is 51.2 Å². The topological polar surface area (TPSA) is 65.6 Å². The molecule has 0 unspecified atom stereocenters. The van der Waals surface area contributed by atoms with E-state index >= 15 is 0 Å². The van der Waals surface area contributed by atoms with Crippen molar-refractivity contribution in [3.63, 3.8) is 0 Å². The summed E-state index contributed by atoms with van der Waals surface area (Å²) < 4.78 is 5.73. The standard InChI is InChI=1S/C16H28N4O2/c1-12(21)9-20-7-5-13(6-8-20)10-19(2)11-15-17-18-16(22-15)14-3-4-14/h12-14,21H,3-11H2,1-2H3/t12-/m0/s1. The molecule has 6 heteroatoms. The molecule has 3 rings (SSSR count). The molecule has 0 amide bonds. The summed E-state index contributed by atoms with van der Waals surface area (Å²) in [6.07, 6.45) is 4.57. The van der Waals surface area contributed by atoms with Gasteiger partial charge < -0.3 is 14.4 Å². The Hall–Kier alpha value is -0.980. The van der Waals surface area contributed by atoms with Gasteiger partial charge in [-0.1, -0.05) is 0 Å². The summed E-state index contributed by atoms with van der Waals surface area (Å²) in [6, 6.07) is 0. The molecule has 1 saturated heterocycles. The van der Waals surface area contributed by atoms with Gasteiger partial charge in [0.2, 0.25) is 11.8 Å². The maximum absolute atomic E-state index is 9.45. The molecule has 0 radical (unpaired) electrons. The lowest BCUT2D eigenvalue weighted by Crippen LogP contribution is -2.40. The monoisotopic (exact) mass is 308 g/mol. The van der Waals surface area contributed by atoms with Crippen molar-refractivity contribution < 1.29 is 9.52 Å². The predicted molar refractivity (Wildman–Crippen MR) is 83.5 cm³/mol. The minimum atomic E-state index is -0.225. The van der Waals surface area contributed by atoms with Crippen LogP contribution in [0.2, 0.25) is 0 Å². The smallest absolute Gasteiger partial charge is 0.230 e. The fourth-order valence-corrected chi connectivity index (χ4v) is 3.29. The first kappa shape index (κ1) is 15.9. The molecule has 1 N–H and O–H groups in total. The number of likely N-dealkylation sites (tertiary alicyclic amines) is 1. The van der Waals surface area contributed by atoms with Crippen molar-refractivity contribution in [1.82, 2.24) is 20.0 Å². The van der Waals surface area contributed by atoms with Gasteiger partial charge in [-0.05, 0) is 58.7 Å². The zero-order valence-electron chi connectivity index (χ0n) is 13.7. The molecule has 0 aromatic carbocycles. The molecule has 1 atom stereocenters. The van der Waals surface area contributed by atoms with Crippen LogP contribution in [0.15, 0.2) is 4.42 Å². The number of piperidine rings is 1. The first-order chi connectivity index (χ1) is 10.6. The van der Waals surface area contributed by atoms with E-state index in [1.807, 2.05) is 6.92 Å². The Bertz CT molecular complexity index is 464. The van der Waals surface area contributed by atoms with Gasteiger partial charge >= 0.3 is 0 Å². The molecule has 1 aromatic heterocycles. The van der Waals surface area contributed by atoms with Crippen LogP contribution in [0, 0.1) is 5.92 Å². The first-order valence-corrected chi connectivity index (χ1v) is 8.51.